The van der Waals surface area contributed by atoms with Crippen molar-refractivity contribution in [3.05, 3.63) is 18.2 Å². The van der Waals surface area contributed by atoms with Gasteiger partial charge in [-0.2, -0.15) is 0 Å². The van der Waals surface area contributed by atoms with Gasteiger partial charge in [-0.25, -0.2) is 0 Å². The molecule has 1 fully saturated rings. The zero-order valence-corrected chi connectivity index (χ0v) is 17.5. The maximum absolute atomic E-state index is 12.8. The van der Waals surface area contributed by atoms with Crippen LogP contribution in [0, 0.1) is 11.8 Å². The number of anilines is 1. The lowest BCUT2D eigenvalue weighted by Crippen LogP contribution is -2.54. The zero-order valence-electron chi connectivity index (χ0n) is 16.7. The molecule has 1 aromatic rings. The largest absolute Gasteiger partial charge is 0.486 e. The third-order valence-electron chi connectivity index (χ3n) is 5.07. The molecule has 8 heteroatoms. The Balaban J connectivity index is 0.00000280. The molecule has 0 spiro atoms. The third-order valence-corrected chi connectivity index (χ3v) is 5.07. The summed E-state index contributed by atoms with van der Waals surface area (Å²) in [7, 11) is 0. The van der Waals surface area contributed by atoms with E-state index in [1.807, 2.05) is 13.0 Å². The highest BCUT2D eigenvalue weighted by atomic mass is 35.5. The first kappa shape index (κ1) is 22.3. The molecule has 0 aromatic heterocycles. The summed E-state index contributed by atoms with van der Waals surface area (Å²) in [6.45, 7) is 7.89. The fourth-order valence-corrected chi connectivity index (χ4v) is 3.82. The Kier molecular flexibility index (Phi) is 7.17. The number of hydrogen-bond acceptors (Lipinski definition) is 5. The molecule has 28 heavy (non-hydrogen) atoms. The summed E-state index contributed by atoms with van der Waals surface area (Å²) in [6.07, 6.45) is 0.990. The fraction of sp³-hybridized carbons (Fsp3) is 0.600. The molecular formula is C20H30ClN3O4. The SMILES string of the molecule is CC(C)CC(C)(CN)NC(=O)C1CC(=O)N(c2ccc3c(c2)OCCO3)C1.Cl. The molecule has 3 N–H and O–H groups in total. The number of benzene rings is 1. The van der Waals surface area contributed by atoms with Crippen LogP contribution in [0.15, 0.2) is 18.2 Å². The van der Waals surface area contributed by atoms with E-state index in [2.05, 4.69) is 19.2 Å². The summed E-state index contributed by atoms with van der Waals surface area (Å²) >= 11 is 0. The first-order chi connectivity index (χ1) is 12.8. The lowest BCUT2D eigenvalue weighted by Gasteiger charge is -2.32. The van der Waals surface area contributed by atoms with Crippen LogP contribution in [0.1, 0.15) is 33.6 Å². The van der Waals surface area contributed by atoms with Crippen LogP contribution in [0.3, 0.4) is 0 Å². The van der Waals surface area contributed by atoms with Crippen LogP contribution in [0.2, 0.25) is 0 Å². The molecular weight excluding hydrogens is 382 g/mol. The molecule has 2 unspecified atom stereocenters. The second-order valence-electron chi connectivity index (χ2n) is 8.09. The molecule has 7 nitrogen and oxygen atoms in total. The van der Waals surface area contributed by atoms with Gasteiger partial charge in [-0.05, 0) is 31.4 Å². The normalized spacial score (nSPS) is 20.5. The van der Waals surface area contributed by atoms with Gasteiger partial charge in [0.2, 0.25) is 11.8 Å². The summed E-state index contributed by atoms with van der Waals surface area (Å²) in [5.74, 6) is 1.16. The predicted molar refractivity (Wildman–Crippen MR) is 110 cm³/mol. The van der Waals surface area contributed by atoms with Crippen molar-refractivity contribution < 1.29 is 19.1 Å². The monoisotopic (exact) mass is 411 g/mol. The van der Waals surface area contributed by atoms with Gasteiger partial charge in [-0.3, -0.25) is 9.59 Å². The quantitative estimate of drug-likeness (QED) is 0.747. The standard InChI is InChI=1S/C20H29N3O4.ClH/c1-13(2)10-20(3,12-21)22-19(25)14-8-18(24)23(11-14)15-4-5-16-17(9-15)27-7-6-26-16;/h4-5,9,13-14H,6-8,10-12,21H2,1-3H3,(H,22,25);1H. The van der Waals surface area contributed by atoms with E-state index < -0.39 is 5.54 Å². The third kappa shape index (κ3) is 4.89. The number of ether oxygens (including phenoxy) is 2. The van der Waals surface area contributed by atoms with Crippen molar-refractivity contribution in [1.82, 2.24) is 5.32 Å². The van der Waals surface area contributed by atoms with Gasteiger partial charge in [0.05, 0.1) is 5.92 Å². The van der Waals surface area contributed by atoms with E-state index in [1.165, 1.54) is 0 Å². The number of carbonyl (C=O) groups is 2. The number of halogens is 1. The van der Waals surface area contributed by atoms with Crippen molar-refractivity contribution in [2.75, 3.05) is 31.2 Å². The number of hydrogen-bond donors (Lipinski definition) is 2. The molecule has 1 aromatic carbocycles. The summed E-state index contributed by atoms with van der Waals surface area (Å²) in [4.78, 5) is 26.9. The number of nitrogens with two attached hydrogens (primary N) is 1. The minimum Gasteiger partial charge on any atom is -0.486 e. The van der Waals surface area contributed by atoms with Crippen LogP contribution in [-0.4, -0.2) is 43.7 Å². The van der Waals surface area contributed by atoms with E-state index in [-0.39, 0.29) is 36.6 Å². The Labute approximate surface area is 172 Å². The molecule has 3 rings (SSSR count). The Hall–Kier alpha value is -1.99. The van der Waals surface area contributed by atoms with Gasteiger partial charge >= 0.3 is 0 Å². The molecule has 2 aliphatic heterocycles. The second-order valence-corrected chi connectivity index (χ2v) is 8.09. The van der Waals surface area contributed by atoms with Crippen molar-refractivity contribution in [1.29, 1.82) is 0 Å². The highest BCUT2D eigenvalue weighted by Gasteiger charge is 2.38. The van der Waals surface area contributed by atoms with E-state index in [0.29, 0.717) is 43.7 Å². The van der Waals surface area contributed by atoms with Crippen molar-refractivity contribution in [3.63, 3.8) is 0 Å². The molecule has 0 aliphatic carbocycles. The minimum absolute atomic E-state index is 0. The van der Waals surface area contributed by atoms with Gasteiger partial charge in [0.25, 0.3) is 0 Å². The number of nitrogens with zero attached hydrogens (tertiary/aromatic N) is 1. The summed E-state index contributed by atoms with van der Waals surface area (Å²) < 4.78 is 11.1. The van der Waals surface area contributed by atoms with Gasteiger partial charge in [-0.1, -0.05) is 13.8 Å². The number of amides is 2. The molecule has 0 bridgehead atoms. The molecule has 156 valence electrons. The number of rotatable bonds is 6. The van der Waals surface area contributed by atoms with E-state index in [9.17, 15) is 9.59 Å². The highest BCUT2D eigenvalue weighted by Crippen LogP contribution is 2.36. The summed E-state index contributed by atoms with van der Waals surface area (Å²) in [5.41, 5.74) is 6.16. The van der Waals surface area contributed by atoms with E-state index in [0.717, 1.165) is 12.1 Å². The Bertz CT molecular complexity index is 727. The minimum atomic E-state index is -0.460. The van der Waals surface area contributed by atoms with Crippen molar-refractivity contribution in [2.45, 2.75) is 39.2 Å². The molecule has 2 aliphatic rings. The maximum Gasteiger partial charge on any atom is 0.227 e. The molecule has 2 amide bonds. The van der Waals surface area contributed by atoms with Gasteiger partial charge in [-0.15, -0.1) is 12.4 Å². The summed E-state index contributed by atoms with van der Waals surface area (Å²) in [5, 5.41) is 3.07. The van der Waals surface area contributed by atoms with Gasteiger partial charge in [0, 0.05) is 36.8 Å². The van der Waals surface area contributed by atoms with E-state index >= 15 is 0 Å². The van der Waals surface area contributed by atoms with Gasteiger partial charge in [0.15, 0.2) is 11.5 Å². The van der Waals surface area contributed by atoms with Crippen LogP contribution >= 0.6 is 12.4 Å². The Morgan fingerprint density at radius 2 is 2.00 bits per heavy atom. The van der Waals surface area contributed by atoms with Crippen molar-refractivity contribution in [2.24, 2.45) is 17.6 Å². The zero-order chi connectivity index (χ0) is 19.6. The molecule has 2 heterocycles. The van der Waals surface area contributed by atoms with Crippen LogP contribution in [0.5, 0.6) is 11.5 Å². The smallest absolute Gasteiger partial charge is 0.227 e. The maximum atomic E-state index is 12.8. The Morgan fingerprint density at radius 3 is 2.64 bits per heavy atom. The fourth-order valence-electron chi connectivity index (χ4n) is 3.82. The number of fused-ring (bicyclic) bond motifs is 1. The topological polar surface area (TPSA) is 93.9 Å². The first-order valence-corrected chi connectivity index (χ1v) is 9.53. The predicted octanol–water partition coefficient (Wildman–Crippen LogP) is 2.11. The molecule has 2 atom stereocenters. The molecule has 0 saturated carbocycles. The average Bonchev–Trinajstić information content (AvgIpc) is 3.02. The van der Waals surface area contributed by atoms with Gasteiger partial charge in [0.1, 0.15) is 13.2 Å². The van der Waals surface area contributed by atoms with E-state index in [4.69, 9.17) is 15.2 Å². The Morgan fingerprint density at radius 1 is 1.32 bits per heavy atom. The highest BCUT2D eigenvalue weighted by molar-refractivity contribution is 6.00. The second kappa shape index (κ2) is 9.01. The molecule has 1 saturated heterocycles. The van der Waals surface area contributed by atoms with Gasteiger partial charge < -0.3 is 25.4 Å². The van der Waals surface area contributed by atoms with Crippen LogP contribution < -0.4 is 25.4 Å². The number of carbonyl (C=O) groups excluding carboxylic acids is 2. The number of nitrogens with one attached hydrogen (secondary N) is 1. The average molecular weight is 412 g/mol. The lowest BCUT2D eigenvalue weighted by molar-refractivity contribution is -0.128. The van der Waals surface area contributed by atoms with Crippen LogP contribution in [0.4, 0.5) is 5.69 Å². The lowest BCUT2D eigenvalue weighted by atomic mass is 9.90. The van der Waals surface area contributed by atoms with Crippen molar-refractivity contribution >= 4 is 29.9 Å². The van der Waals surface area contributed by atoms with Crippen LogP contribution in [-0.2, 0) is 9.59 Å². The van der Waals surface area contributed by atoms with Crippen LogP contribution in [0.25, 0.3) is 0 Å². The van der Waals surface area contributed by atoms with E-state index in [1.54, 1.807) is 17.0 Å². The first-order valence-electron chi connectivity index (χ1n) is 9.53. The molecule has 0 radical (unpaired) electrons. The van der Waals surface area contributed by atoms with Crippen molar-refractivity contribution in [3.8, 4) is 11.5 Å². The summed E-state index contributed by atoms with van der Waals surface area (Å²) in [6, 6.07) is 5.43.